The van der Waals surface area contributed by atoms with Crippen LogP contribution in [0.5, 0.6) is 17.2 Å². The smallest absolute Gasteiger partial charge is 0.249 e. The summed E-state index contributed by atoms with van der Waals surface area (Å²) in [5.41, 5.74) is 2.55. The van der Waals surface area contributed by atoms with E-state index in [1.54, 1.807) is 45.6 Å². The second-order valence-electron chi connectivity index (χ2n) is 7.52. The molecule has 2 heterocycles. The van der Waals surface area contributed by atoms with E-state index in [0.717, 1.165) is 16.5 Å². The lowest BCUT2D eigenvalue weighted by Crippen LogP contribution is -2.14. The highest BCUT2D eigenvalue weighted by atomic mass is 16.5. The minimum atomic E-state index is -0.437. The van der Waals surface area contributed by atoms with E-state index < -0.39 is 5.91 Å². The van der Waals surface area contributed by atoms with Gasteiger partial charge in [-0.3, -0.25) is 4.79 Å². The van der Waals surface area contributed by atoms with E-state index in [1.807, 2.05) is 31.2 Å². The molecule has 0 saturated heterocycles. The number of ether oxygens (including phenoxy) is 3. The topological polar surface area (TPSA) is 111 Å². The van der Waals surface area contributed by atoms with Crippen molar-refractivity contribution < 1.29 is 19.0 Å². The Morgan fingerprint density at radius 2 is 1.83 bits per heavy atom. The highest BCUT2D eigenvalue weighted by molar-refractivity contribution is 6.02. The van der Waals surface area contributed by atoms with Crippen molar-refractivity contribution in [2.45, 2.75) is 6.92 Å². The Labute approximate surface area is 202 Å². The lowest BCUT2D eigenvalue weighted by Gasteiger charge is -2.12. The van der Waals surface area contributed by atoms with Crippen molar-refractivity contribution >= 4 is 28.7 Å². The van der Waals surface area contributed by atoms with Crippen molar-refractivity contribution in [2.24, 2.45) is 0 Å². The van der Waals surface area contributed by atoms with E-state index in [4.69, 9.17) is 19.2 Å². The normalized spacial score (nSPS) is 10.8. The zero-order valence-corrected chi connectivity index (χ0v) is 19.7. The third kappa shape index (κ3) is 4.63. The fraction of sp³-hybridized carbons (Fsp3) is 0.154. The highest BCUT2D eigenvalue weighted by Crippen LogP contribution is 2.30. The van der Waals surface area contributed by atoms with Gasteiger partial charge >= 0.3 is 0 Å². The molecule has 0 fully saturated rings. The Bertz CT molecular complexity index is 1480. The number of benzene rings is 2. The molecule has 0 unspecified atom stereocenters. The maximum Gasteiger partial charge on any atom is 0.249 e. The van der Waals surface area contributed by atoms with Crippen LogP contribution in [0.25, 0.3) is 22.8 Å². The van der Waals surface area contributed by atoms with Crippen LogP contribution < -0.4 is 19.5 Å². The van der Waals surface area contributed by atoms with Gasteiger partial charge in [-0.1, -0.05) is 18.2 Å². The first-order valence-electron chi connectivity index (χ1n) is 10.6. The second-order valence-corrected chi connectivity index (χ2v) is 7.52. The van der Waals surface area contributed by atoms with Gasteiger partial charge in [-0.15, -0.1) is 0 Å². The highest BCUT2D eigenvalue weighted by Gasteiger charge is 2.17. The number of pyridine rings is 1. The number of amides is 1. The van der Waals surface area contributed by atoms with Crippen LogP contribution in [0.4, 0.5) is 5.82 Å². The zero-order valence-electron chi connectivity index (χ0n) is 19.7. The van der Waals surface area contributed by atoms with Crippen LogP contribution in [0.3, 0.4) is 0 Å². The second kappa shape index (κ2) is 9.97. The van der Waals surface area contributed by atoms with E-state index in [2.05, 4.69) is 16.5 Å². The molecular formula is C26H23N5O4. The van der Waals surface area contributed by atoms with Crippen LogP contribution in [0.1, 0.15) is 16.7 Å². The Balaban J connectivity index is 1.67. The van der Waals surface area contributed by atoms with Crippen molar-refractivity contribution in [1.82, 2.24) is 14.8 Å². The molecule has 2 aromatic heterocycles. The molecule has 9 heteroatoms. The molecule has 4 rings (SSSR count). The summed E-state index contributed by atoms with van der Waals surface area (Å²) in [4.78, 5) is 17.4. The molecule has 2 aromatic carbocycles. The van der Waals surface area contributed by atoms with Gasteiger partial charge in [0.2, 0.25) is 5.91 Å². The number of rotatable bonds is 7. The zero-order chi connectivity index (χ0) is 24.9. The van der Waals surface area contributed by atoms with Gasteiger partial charge in [-0.2, -0.15) is 15.0 Å². The number of para-hydroxylation sites is 1. The van der Waals surface area contributed by atoms with Crippen molar-refractivity contribution in [3.8, 4) is 29.1 Å². The maximum absolute atomic E-state index is 12.7. The minimum Gasteiger partial charge on any atom is -0.494 e. The van der Waals surface area contributed by atoms with Gasteiger partial charge in [0, 0.05) is 11.5 Å². The molecule has 35 heavy (non-hydrogen) atoms. The van der Waals surface area contributed by atoms with Crippen LogP contribution in [0.15, 0.2) is 54.7 Å². The van der Waals surface area contributed by atoms with Crippen LogP contribution in [0.2, 0.25) is 0 Å². The van der Waals surface area contributed by atoms with E-state index in [0.29, 0.717) is 28.6 Å². The van der Waals surface area contributed by atoms with Crippen LogP contribution in [-0.4, -0.2) is 42.0 Å². The summed E-state index contributed by atoms with van der Waals surface area (Å²) >= 11 is 0. The third-order valence-electron chi connectivity index (χ3n) is 5.40. The van der Waals surface area contributed by atoms with E-state index >= 15 is 0 Å². The van der Waals surface area contributed by atoms with Gasteiger partial charge in [-0.05, 0) is 48.4 Å². The van der Waals surface area contributed by atoms with Crippen molar-refractivity contribution in [1.29, 1.82) is 5.26 Å². The van der Waals surface area contributed by atoms with Crippen molar-refractivity contribution in [2.75, 3.05) is 26.6 Å². The first-order valence-corrected chi connectivity index (χ1v) is 10.6. The molecule has 0 saturated carbocycles. The number of hydrogen-bond donors (Lipinski definition) is 1. The molecule has 0 atom stereocenters. The van der Waals surface area contributed by atoms with Gasteiger partial charge in [0.1, 0.15) is 22.9 Å². The van der Waals surface area contributed by atoms with Crippen LogP contribution >= 0.6 is 0 Å². The Hall–Kier alpha value is -4.84. The number of anilines is 1. The van der Waals surface area contributed by atoms with Gasteiger partial charge in [0.15, 0.2) is 23.1 Å². The first kappa shape index (κ1) is 23.3. The molecule has 0 bridgehead atoms. The molecule has 1 N–H and O–H groups in total. The monoisotopic (exact) mass is 469 g/mol. The average molecular weight is 470 g/mol. The quantitative estimate of drug-likeness (QED) is 0.402. The summed E-state index contributed by atoms with van der Waals surface area (Å²) in [6, 6.07) is 14.9. The molecule has 0 aliphatic heterocycles. The number of carbonyl (C=O) groups is 1. The maximum atomic E-state index is 12.7. The number of aryl methyl sites for hydroxylation is 1. The lowest BCUT2D eigenvalue weighted by molar-refractivity contribution is -0.111. The van der Waals surface area contributed by atoms with Crippen molar-refractivity contribution in [3.63, 3.8) is 0 Å². The molecule has 9 nitrogen and oxygen atoms in total. The molecule has 0 spiro atoms. The number of nitrogens with one attached hydrogen (secondary N) is 1. The largest absolute Gasteiger partial charge is 0.494 e. The fourth-order valence-corrected chi connectivity index (χ4v) is 3.66. The molecule has 0 aliphatic carbocycles. The van der Waals surface area contributed by atoms with Crippen LogP contribution in [0, 0.1) is 18.3 Å². The van der Waals surface area contributed by atoms with E-state index in [-0.39, 0.29) is 11.4 Å². The number of hydrogen-bond acceptors (Lipinski definition) is 7. The van der Waals surface area contributed by atoms with Crippen LogP contribution in [-0.2, 0) is 4.79 Å². The number of methoxy groups -OCH3 is 3. The number of nitriles is 1. The molecule has 4 aromatic rings. The summed E-state index contributed by atoms with van der Waals surface area (Å²) in [6.07, 6.45) is 4.38. The molecule has 176 valence electrons. The number of aromatic nitrogens is 3. The van der Waals surface area contributed by atoms with E-state index in [1.165, 1.54) is 17.0 Å². The summed E-state index contributed by atoms with van der Waals surface area (Å²) in [7, 11) is 4.68. The Morgan fingerprint density at radius 1 is 1.06 bits per heavy atom. The predicted molar refractivity (Wildman–Crippen MR) is 132 cm³/mol. The number of fused-ring (bicyclic) bond motifs is 1. The number of nitrogens with zero attached hydrogens (tertiary/aromatic N) is 4. The third-order valence-corrected chi connectivity index (χ3v) is 5.40. The summed E-state index contributed by atoms with van der Waals surface area (Å²) in [5, 5.41) is 17.6. The molecule has 0 aliphatic rings. The van der Waals surface area contributed by atoms with E-state index in [9.17, 15) is 10.1 Å². The first-order chi connectivity index (χ1) is 17.0. The Morgan fingerprint density at radius 3 is 2.54 bits per heavy atom. The predicted octanol–water partition coefficient (Wildman–Crippen LogP) is 4.28. The molecule has 1 amide bonds. The lowest BCUT2D eigenvalue weighted by atomic mass is 10.1. The summed E-state index contributed by atoms with van der Waals surface area (Å²) in [6.45, 7) is 1.95. The number of carbonyl (C=O) groups excluding carboxylic acids is 1. The van der Waals surface area contributed by atoms with Gasteiger partial charge in [-0.25, -0.2) is 4.98 Å². The molecule has 0 radical (unpaired) electrons. The standard InChI is InChI=1S/C26H23N5O4/c1-16-12-23(29-25-19(16)6-5-7-21(25)34-3)31-26(18(14-27)15-28-31)30-24(32)11-9-17-8-10-20(33-2)22(13-17)35-4/h5-13,15H,1-4H3,(H,30,32)/b11-9+. The van der Waals surface area contributed by atoms with Gasteiger partial charge in [0.25, 0.3) is 0 Å². The molecular weight excluding hydrogens is 446 g/mol. The SMILES string of the molecule is COc1ccc(/C=C/C(=O)Nc2c(C#N)cnn2-c2cc(C)c3cccc(OC)c3n2)cc1OC. The average Bonchev–Trinajstić information content (AvgIpc) is 3.29. The summed E-state index contributed by atoms with van der Waals surface area (Å²) < 4.78 is 17.4. The fourth-order valence-electron chi connectivity index (χ4n) is 3.66. The van der Waals surface area contributed by atoms with Gasteiger partial charge in [0.05, 0.1) is 27.5 Å². The Kier molecular flexibility index (Phi) is 6.64. The van der Waals surface area contributed by atoms with Gasteiger partial charge < -0.3 is 19.5 Å². The summed E-state index contributed by atoms with van der Waals surface area (Å²) in [5.74, 6) is 1.98. The minimum absolute atomic E-state index is 0.206. The van der Waals surface area contributed by atoms with Crippen molar-refractivity contribution in [3.05, 3.63) is 71.4 Å².